The van der Waals surface area contributed by atoms with Gasteiger partial charge in [-0.1, -0.05) is 0 Å². The van der Waals surface area contributed by atoms with Crippen molar-refractivity contribution in [2.45, 2.75) is 19.1 Å². The Balaban J connectivity index is 2.60. The van der Waals surface area contributed by atoms with Crippen molar-refractivity contribution in [2.24, 2.45) is 5.73 Å². The molecule has 0 aromatic carbocycles. The molecule has 1 heterocycles. The number of carbonyl (C=O) groups is 1. The summed E-state index contributed by atoms with van der Waals surface area (Å²) < 4.78 is 40.2. The second-order valence-corrected chi connectivity index (χ2v) is 3.16. The zero-order valence-corrected chi connectivity index (χ0v) is 8.34. The van der Waals surface area contributed by atoms with Crippen LogP contribution in [0.15, 0.2) is 10.7 Å². The molecule has 0 saturated carbocycles. The summed E-state index contributed by atoms with van der Waals surface area (Å²) in [5, 5.41) is 1.66. The van der Waals surface area contributed by atoms with Crippen molar-refractivity contribution in [3.05, 3.63) is 17.8 Å². The molecule has 1 atom stereocenters. The van der Waals surface area contributed by atoms with E-state index in [-0.39, 0.29) is 11.6 Å². The van der Waals surface area contributed by atoms with E-state index < -0.39 is 24.7 Å². The number of amides is 1. The monoisotopic (exact) mass is 237 g/mol. The van der Waals surface area contributed by atoms with Crippen LogP contribution in [0.1, 0.15) is 29.3 Å². The Morgan fingerprint density at radius 1 is 1.69 bits per heavy atom. The highest BCUT2D eigenvalue weighted by Crippen LogP contribution is 2.13. The van der Waals surface area contributed by atoms with Crippen LogP contribution in [0, 0.1) is 0 Å². The van der Waals surface area contributed by atoms with E-state index >= 15 is 0 Å². The van der Waals surface area contributed by atoms with Crippen LogP contribution >= 0.6 is 0 Å². The molecule has 0 aliphatic carbocycles. The molecule has 1 unspecified atom stereocenters. The summed E-state index contributed by atoms with van der Waals surface area (Å²) in [4.78, 5) is 14.8. The van der Waals surface area contributed by atoms with E-state index in [9.17, 15) is 18.0 Å². The maximum absolute atomic E-state index is 11.8. The van der Waals surface area contributed by atoms with Gasteiger partial charge in [-0.05, 0) is 6.92 Å². The van der Waals surface area contributed by atoms with E-state index in [0.717, 1.165) is 6.26 Å². The molecule has 1 aromatic rings. The molecule has 16 heavy (non-hydrogen) atoms. The minimum atomic E-state index is -4.45. The lowest BCUT2D eigenvalue weighted by molar-refractivity contribution is -0.123. The summed E-state index contributed by atoms with van der Waals surface area (Å²) in [6, 6.07) is -0.524. The summed E-state index contributed by atoms with van der Waals surface area (Å²) in [6.45, 7) is 0.162. The Kier molecular flexibility index (Phi) is 3.53. The van der Waals surface area contributed by atoms with Crippen LogP contribution in [0.3, 0.4) is 0 Å². The fourth-order valence-electron chi connectivity index (χ4n) is 0.872. The molecular formula is C8H10F3N3O2. The third-order valence-electron chi connectivity index (χ3n) is 1.59. The molecule has 0 radical (unpaired) electrons. The van der Waals surface area contributed by atoms with Crippen molar-refractivity contribution < 1.29 is 22.4 Å². The summed E-state index contributed by atoms with van der Waals surface area (Å²) >= 11 is 0. The quantitative estimate of drug-likeness (QED) is 0.821. The van der Waals surface area contributed by atoms with Gasteiger partial charge < -0.3 is 15.5 Å². The second kappa shape index (κ2) is 4.52. The minimum Gasteiger partial charge on any atom is -0.446 e. The Morgan fingerprint density at radius 2 is 2.31 bits per heavy atom. The molecule has 1 rings (SSSR count). The first kappa shape index (κ1) is 12.5. The van der Waals surface area contributed by atoms with Crippen LogP contribution in [0.5, 0.6) is 0 Å². The first-order valence-electron chi connectivity index (χ1n) is 4.35. The number of nitrogens with one attached hydrogen (secondary N) is 1. The maximum Gasteiger partial charge on any atom is 0.405 e. The van der Waals surface area contributed by atoms with Gasteiger partial charge in [0, 0.05) is 0 Å². The molecule has 90 valence electrons. The van der Waals surface area contributed by atoms with E-state index in [2.05, 4.69) is 4.98 Å². The van der Waals surface area contributed by atoms with Gasteiger partial charge in [0.2, 0.25) is 5.89 Å². The third kappa shape index (κ3) is 3.54. The smallest absolute Gasteiger partial charge is 0.405 e. The summed E-state index contributed by atoms with van der Waals surface area (Å²) in [5.74, 6) is -0.856. The highest BCUT2D eigenvalue weighted by atomic mass is 19.4. The van der Waals surface area contributed by atoms with Gasteiger partial charge in [-0.2, -0.15) is 13.2 Å². The SMILES string of the molecule is CC(N)c1nc(C(=O)NCC(F)(F)F)co1. The third-order valence-corrected chi connectivity index (χ3v) is 1.59. The number of halogens is 3. The lowest BCUT2D eigenvalue weighted by Crippen LogP contribution is -2.33. The first-order valence-corrected chi connectivity index (χ1v) is 4.35. The van der Waals surface area contributed by atoms with Gasteiger partial charge >= 0.3 is 6.18 Å². The summed E-state index contributed by atoms with van der Waals surface area (Å²) in [7, 11) is 0. The highest BCUT2D eigenvalue weighted by molar-refractivity contribution is 5.91. The molecule has 0 aliphatic rings. The number of aromatic nitrogens is 1. The lowest BCUT2D eigenvalue weighted by Gasteiger charge is -2.06. The minimum absolute atomic E-state index is 0.0946. The number of nitrogens with zero attached hydrogens (tertiary/aromatic N) is 1. The van der Waals surface area contributed by atoms with Crippen LogP contribution in [0.25, 0.3) is 0 Å². The van der Waals surface area contributed by atoms with Crippen molar-refractivity contribution in [1.82, 2.24) is 10.3 Å². The van der Waals surface area contributed by atoms with Crippen LogP contribution in [-0.2, 0) is 0 Å². The number of hydrogen-bond donors (Lipinski definition) is 2. The molecule has 3 N–H and O–H groups in total. The van der Waals surface area contributed by atoms with Gasteiger partial charge in [-0.15, -0.1) is 0 Å². The highest BCUT2D eigenvalue weighted by Gasteiger charge is 2.28. The number of rotatable bonds is 3. The van der Waals surface area contributed by atoms with E-state index in [1.807, 2.05) is 0 Å². The molecule has 1 amide bonds. The van der Waals surface area contributed by atoms with E-state index in [4.69, 9.17) is 10.2 Å². The van der Waals surface area contributed by atoms with Crippen molar-refractivity contribution in [2.75, 3.05) is 6.54 Å². The van der Waals surface area contributed by atoms with Crippen molar-refractivity contribution >= 4 is 5.91 Å². The Morgan fingerprint density at radius 3 is 2.75 bits per heavy atom. The van der Waals surface area contributed by atoms with E-state index in [0.29, 0.717) is 0 Å². The molecule has 5 nitrogen and oxygen atoms in total. The zero-order chi connectivity index (χ0) is 12.3. The maximum atomic E-state index is 11.8. The van der Waals surface area contributed by atoms with Gasteiger partial charge in [-0.25, -0.2) is 4.98 Å². The van der Waals surface area contributed by atoms with Gasteiger partial charge in [-0.3, -0.25) is 4.79 Å². The Bertz CT molecular complexity index is 373. The number of nitrogens with two attached hydrogens (primary N) is 1. The standard InChI is InChI=1S/C8H10F3N3O2/c1-4(12)7-14-5(2-16-7)6(15)13-3-8(9,10)11/h2,4H,3,12H2,1H3,(H,13,15). The molecule has 0 bridgehead atoms. The number of oxazole rings is 1. The van der Waals surface area contributed by atoms with Gasteiger partial charge in [0.1, 0.15) is 12.8 Å². The number of carbonyl (C=O) groups excluding carboxylic acids is 1. The molecule has 0 spiro atoms. The average molecular weight is 237 g/mol. The molecular weight excluding hydrogens is 227 g/mol. The number of alkyl halides is 3. The molecule has 8 heteroatoms. The normalized spacial score (nSPS) is 13.6. The lowest BCUT2D eigenvalue weighted by atomic mass is 10.4. The molecule has 1 aromatic heterocycles. The van der Waals surface area contributed by atoms with Crippen LogP contribution in [0.2, 0.25) is 0 Å². The van der Waals surface area contributed by atoms with Gasteiger partial charge in [0.05, 0.1) is 6.04 Å². The first-order chi connectivity index (χ1) is 7.29. The van der Waals surface area contributed by atoms with Crippen LogP contribution in [0.4, 0.5) is 13.2 Å². The predicted octanol–water partition coefficient (Wildman–Crippen LogP) is 0.986. The zero-order valence-electron chi connectivity index (χ0n) is 8.34. The number of hydrogen-bond acceptors (Lipinski definition) is 4. The Labute approximate surface area is 88.8 Å². The van der Waals surface area contributed by atoms with E-state index in [1.165, 1.54) is 0 Å². The fraction of sp³-hybridized carbons (Fsp3) is 0.500. The molecule has 0 fully saturated rings. The van der Waals surface area contributed by atoms with Crippen molar-refractivity contribution in [3.8, 4) is 0 Å². The largest absolute Gasteiger partial charge is 0.446 e. The van der Waals surface area contributed by atoms with Gasteiger partial charge in [0.25, 0.3) is 5.91 Å². The van der Waals surface area contributed by atoms with E-state index in [1.54, 1.807) is 12.2 Å². The Hall–Kier alpha value is -1.57. The molecule has 0 aliphatic heterocycles. The van der Waals surface area contributed by atoms with Gasteiger partial charge in [0.15, 0.2) is 5.69 Å². The fourth-order valence-corrected chi connectivity index (χ4v) is 0.872. The predicted molar refractivity (Wildman–Crippen MR) is 47.5 cm³/mol. The van der Waals surface area contributed by atoms with Crippen LogP contribution < -0.4 is 11.1 Å². The van der Waals surface area contributed by atoms with Crippen molar-refractivity contribution in [3.63, 3.8) is 0 Å². The second-order valence-electron chi connectivity index (χ2n) is 3.16. The summed E-state index contributed by atoms with van der Waals surface area (Å²) in [5.41, 5.74) is 5.18. The average Bonchev–Trinajstić information content (AvgIpc) is 2.61. The molecule has 0 saturated heterocycles. The van der Waals surface area contributed by atoms with Crippen LogP contribution in [-0.4, -0.2) is 23.6 Å². The topological polar surface area (TPSA) is 81.1 Å². The van der Waals surface area contributed by atoms with Crippen molar-refractivity contribution in [1.29, 1.82) is 0 Å². The summed E-state index contributed by atoms with van der Waals surface area (Å²) in [6.07, 6.45) is -3.49.